The lowest BCUT2D eigenvalue weighted by atomic mass is 9.98. The summed E-state index contributed by atoms with van der Waals surface area (Å²) < 4.78 is 0. The summed E-state index contributed by atoms with van der Waals surface area (Å²) in [4.78, 5) is 182. The Balaban J connectivity index is 1.29. The van der Waals surface area contributed by atoms with Crippen molar-refractivity contribution < 1.29 is 57.5 Å². The molecule has 3 fully saturated rings. The number of nitrogens with zero attached hydrogens (tertiary/aromatic N) is 2. The highest BCUT2D eigenvalue weighted by Gasteiger charge is 2.44. The average molecular weight is 1440 g/mol. The molecular formula is C78H110N14O12. The topological polar surface area (TPSA) is 384 Å². The van der Waals surface area contributed by atoms with Gasteiger partial charge in [0.15, 0.2) is 0 Å². The second-order valence-electron chi connectivity index (χ2n) is 29.2. The maximum absolute atomic E-state index is 15.3. The van der Waals surface area contributed by atoms with E-state index in [1.165, 1.54) is 9.80 Å². The van der Waals surface area contributed by atoms with E-state index in [9.17, 15) is 47.9 Å². The van der Waals surface area contributed by atoms with Crippen LogP contribution in [-0.2, 0) is 83.2 Å². The fraction of sp³-hybridized carbons (Fsp3) is 0.538. The van der Waals surface area contributed by atoms with Gasteiger partial charge in [-0.05, 0) is 123 Å². The van der Waals surface area contributed by atoms with Crippen LogP contribution >= 0.6 is 0 Å². The van der Waals surface area contributed by atoms with Gasteiger partial charge in [0.2, 0.25) is 70.9 Å². The molecule has 3 heterocycles. The lowest BCUT2D eigenvalue weighted by Gasteiger charge is -2.32. The molecule has 3 aliphatic rings. The summed E-state index contributed by atoms with van der Waals surface area (Å²) in [6, 6.07) is 20.4. The molecule has 0 radical (unpaired) electrons. The van der Waals surface area contributed by atoms with Crippen molar-refractivity contribution in [3.05, 3.63) is 144 Å². The zero-order chi connectivity index (χ0) is 75.6. The summed E-state index contributed by atoms with van der Waals surface area (Å²) in [5.74, 6) is -10.1. The standard InChI is InChI=1S/C78H110N14O12/c1-47(2)41-57-69(95)87-61(45-53-29-17-11-18-30-53)77(103)91-39-23-35-63(91)73(99)85-60(44-52-27-15-10-16-28-52)72(98)90-66(50(7)8)76(102)82-56(34-22-38-80)68(94)84-58(42-48(3)4)70(96)88-62(46-54-31-19-12-20-32-54)78(104)92-40-24-36-64(92)74(100)86-59(43-51-25-13-9-14-26-51)71(97)89-65(49(5)6)75(101)81-55(33-21-37-79)67(93)83-57/h9-20,25-32,47-50,55-66H,21-24,33-46,79-80H2,1-8H3,(H,81,101)(H,82,102)(H,83,93)(H,84,94)(H,85,99)(H,86,100)(H,87,95)(H,88,96)(H,89,97)(H,90,98)/t55-,56-,57-,58-,59+,60+,61+,62+,63-,64-,65-,66-/m0/s1. The maximum atomic E-state index is 15.3. The Hall–Kier alpha value is -9.56. The molecule has 12 atom stereocenters. The third-order valence-corrected chi connectivity index (χ3v) is 19.1. The highest BCUT2D eigenvalue weighted by molar-refractivity contribution is 6.01. The lowest BCUT2D eigenvalue weighted by molar-refractivity contribution is -0.143. The van der Waals surface area contributed by atoms with Crippen LogP contribution in [0.4, 0.5) is 0 Å². The quantitative estimate of drug-likeness (QED) is 0.0606. The fourth-order valence-corrected chi connectivity index (χ4v) is 13.5. The van der Waals surface area contributed by atoms with Crippen LogP contribution in [0.1, 0.15) is 142 Å². The lowest BCUT2D eigenvalue weighted by Crippen LogP contribution is -2.62. The molecular weight excluding hydrogens is 1320 g/mol. The van der Waals surface area contributed by atoms with Crippen molar-refractivity contribution in [2.24, 2.45) is 35.1 Å². The van der Waals surface area contributed by atoms with Gasteiger partial charge < -0.3 is 74.4 Å². The maximum Gasteiger partial charge on any atom is 0.246 e. The second-order valence-corrected chi connectivity index (χ2v) is 29.2. The number of carbonyl (C=O) groups is 12. The first-order valence-electron chi connectivity index (χ1n) is 37.0. The van der Waals surface area contributed by atoms with Gasteiger partial charge in [0.05, 0.1) is 0 Å². The highest BCUT2D eigenvalue weighted by atomic mass is 16.2. The fourth-order valence-electron chi connectivity index (χ4n) is 13.5. The third kappa shape index (κ3) is 24.3. The van der Waals surface area contributed by atoms with Gasteiger partial charge in [0.1, 0.15) is 72.5 Å². The van der Waals surface area contributed by atoms with Crippen molar-refractivity contribution in [3.8, 4) is 0 Å². The first kappa shape index (κ1) is 81.7. The van der Waals surface area contributed by atoms with Crippen LogP contribution in [0.3, 0.4) is 0 Å². The molecule has 564 valence electrons. The molecule has 14 N–H and O–H groups in total. The van der Waals surface area contributed by atoms with Crippen LogP contribution < -0.4 is 64.6 Å². The zero-order valence-electron chi connectivity index (χ0n) is 61.5. The van der Waals surface area contributed by atoms with Crippen LogP contribution in [0.2, 0.25) is 0 Å². The van der Waals surface area contributed by atoms with Crippen molar-refractivity contribution in [1.29, 1.82) is 0 Å². The summed E-state index contributed by atoms with van der Waals surface area (Å²) in [7, 11) is 0. The minimum atomic E-state index is -1.32. The number of benzene rings is 4. The van der Waals surface area contributed by atoms with Crippen molar-refractivity contribution in [1.82, 2.24) is 63.0 Å². The van der Waals surface area contributed by atoms with Gasteiger partial charge in [0, 0.05) is 38.8 Å². The third-order valence-electron chi connectivity index (χ3n) is 19.1. The van der Waals surface area contributed by atoms with Gasteiger partial charge in [-0.2, -0.15) is 0 Å². The number of hydrogen-bond acceptors (Lipinski definition) is 14. The average Bonchev–Trinajstić information content (AvgIpc) is 1.59. The van der Waals surface area contributed by atoms with Crippen molar-refractivity contribution in [2.45, 2.75) is 218 Å². The van der Waals surface area contributed by atoms with Gasteiger partial charge >= 0.3 is 0 Å². The highest BCUT2D eigenvalue weighted by Crippen LogP contribution is 2.24. The SMILES string of the molecule is CC(C)C[C@@H]1NC(=O)[C@H](CCCN)NC(=O)[C@H](C(C)C)NC(=O)[C@@H](Cc2ccccc2)NC(=O)[C@@H]2CCCN2C(=O)[C@@H](Cc2ccccc2)NC(=O)[C@H](CC(C)C)NC(=O)[C@H](CCCN)NC(=O)[C@H](C(C)C)NC(=O)[C@@H](Cc2ccccc2)NC(=O)[C@@H]2CCCN2C(=O)[C@@H](Cc2ccccc2)NC1=O. The number of nitrogens with two attached hydrogens (primary N) is 2. The van der Waals surface area contributed by atoms with Crippen LogP contribution in [0, 0.1) is 23.7 Å². The smallest absolute Gasteiger partial charge is 0.246 e. The Bertz CT molecular complexity index is 3300. The van der Waals surface area contributed by atoms with E-state index in [4.69, 9.17) is 11.5 Å². The number of amides is 12. The van der Waals surface area contributed by atoms with Crippen LogP contribution in [0.25, 0.3) is 0 Å². The van der Waals surface area contributed by atoms with E-state index in [1.807, 2.05) is 27.7 Å². The number of nitrogens with one attached hydrogen (secondary N) is 10. The molecule has 0 aliphatic carbocycles. The first-order valence-corrected chi connectivity index (χ1v) is 37.0. The molecule has 0 saturated carbocycles. The molecule has 4 aromatic rings. The normalized spacial score (nSPS) is 25.4. The monoisotopic (exact) mass is 1430 g/mol. The first-order chi connectivity index (χ1) is 49.7. The Morgan fingerprint density at radius 1 is 0.327 bits per heavy atom. The molecule has 0 unspecified atom stereocenters. The molecule has 12 amide bonds. The molecule has 0 spiro atoms. The Labute approximate surface area is 611 Å². The van der Waals surface area contributed by atoms with Gasteiger partial charge in [-0.15, -0.1) is 0 Å². The molecule has 3 saturated heterocycles. The minimum absolute atomic E-state index is 0.0161. The number of fused-ring (bicyclic) bond motifs is 2. The second kappa shape index (κ2) is 40.5. The Kier molecular flexibility index (Phi) is 31.8. The molecule has 104 heavy (non-hydrogen) atoms. The molecule has 26 nitrogen and oxygen atoms in total. The summed E-state index contributed by atoms with van der Waals surface area (Å²) in [6.07, 6.45) is 1.69. The largest absolute Gasteiger partial charge is 0.343 e. The Morgan fingerprint density at radius 3 is 0.875 bits per heavy atom. The predicted octanol–water partition coefficient (Wildman–Crippen LogP) is 2.68. The minimum Gasteiger partial charge on any atom is -0.343 e. The number of rotatable bonds is 20. The van der Waals surface area contributed by atoms with E-state index in [0.29, 0.717) is 35.1 Å². The molecule has 26 heteroatoms. The molecule has 4 aromatic carbocycles. The number of hydrogen-bond donors (Lipinski definition) is 12. The van der Waals surface area contributed by atoms with Gasteiger partial charge in [0.25, 0.3) is 0 Å². The summed E-state index contributed by atoms with van der Waals surface area (Å²) >= 11 is 0. The van der Waals surface area contributed by atoms with Gasteiger partial charge in [-0.3, -0.25) is 57.5 Å². The van der Waals surface area contributed by atoms with Gasteiger partial charge in [-0.1, -0.05) is 177 Å². The van der Waals surface area contributed by atoms with E-state index < -0.39 is 155 Å². The Morgan fingerprint density at radius 2 is 0.587 bits per heavy atom. The zero-order valence-corrected chi connectivity index (χ0v) is 61.5. The number of carbonyl (C=O) groups excluding carboxylic acids is 12. The predicted molar refractivity (Wildman–Crippen MR) is 395 cm³/mol. The summed E-state index contributed by atoms with van der Waals surface area (Å²) in [6.45, 7) is 14.7. The van der Waals surface area contributed by atoms with E-state index in [1.54, 1.807) is 149 Å². The van der Waals surface area contributed by atoms with E-state index in [2.05, 4.69) is 53.2 Å². The van der Waals surface area contributed by atoms with E-state index in [0.717, 1.165) is 0 Å². The van der Waals surface area contributed by atoms with Crippen LogP contribution in [0.15, 0.2) is 121 Å². The van der Waals surface area contributed by atoms with Gasteiger partial charge in [-0.25, -0.2) is 0 Å². The molecule has 0 aromatic heterocycles. The summed E-state index contributed by atoms with van der Waals surface area (Å²) in [5.41, 5.74) is 14.7. The summed E-state index contributed by atoms with van der Waals surface area (Å²) in [5, 5.41) is 28.7. The van der Waals surface area contributed by atoms with Crippen molar-refractivity contribution in [2.75, 3.05) is 26.2 Å². The molecule has 3 aliphatic heterocycles. The molecule has 7 rings (SSSR count). The van der Waals surface area contributed by atoms with E-state index in [-0.39, 0.29) is 115 Å². The van der Waals surface area contributed by atoms with E-state index >= 15 is 9.59 Å². The van der Waals surface area contributed by atoms with Crippen LogP contribution in [-0.4, -0.2) is 179 Å². The van der Waals surface area contributed by atoms with Crippen molar-refractivity contribution in [3.63, 3.8) is 0 Å². The molecule has 0 bridgehead atoms. The van der Waals surface area contributed by atoms with Crippen molar-refractivity contribution >= 4 is 70.9 Å². The van der Waals surface area contributed by atoms with Crippen LogP contribution in [0.5, 0.6) is 0 Å².